The monoisotopic (exact) mass is 244 g/mol. The third-order valence-corrected chi connectivity index (χ3v) is 2.29. The molecule has 1 aliphatic rings. The summed E-state index contributed by atoms with van der Waals surface area (Å²) in [6.07, 6.45) is -0.284. The largest absolute Gasteiger partial charge is 0.462 e. The average Bonchev–Trinajstić information content (AvgIpc) is 2.71. The van der Waals surface area contributed by atoms with Gasteiger partial charge in [-0.3, -0.25) is 9.59 Å². The van der Waals surface area contributed by atoms with E-state index in [2.05, 4.69) is 0 Å². The molecule has 1 rings (SSSR count). The summed E-state index contributed by atoms with van der Waals surface area (Å²) in [7, 11) is -0.282. The van der Waals surface area contributed by atoms with Gasteiger partial charge in [-0.25, -0.2) is 0 Å². The molecule has 1 saturated heterocycles. The van der Waals surface area contributed by atoms with Crippen LogP contribution in [0.1, 0.15) is 20.8 Å². The van der Waals surface area contributed by atoms with Crippen LogP contribution >= 0.6 is 0 Å². The van der Waals surface area contributed by atoms with E-state index in [4.69, 9.17) is 18.8 Å². The minimum Gasteiger partial charge on any atom is -0.462 e. The van der Waals surface area contributed by atoms with Crippen molar-refractivity contribution in [2.75, 3.05) is 13.2 Å². The van der Waals surface area contributed by atoms with Crippen molar-refractivity contribution < 1.29 is 28.4 Å². The number of rotatable bonds is 5. The van der Waals surface area contributed by atoms with Gasteiger partial charge in [0.05, 0.1) is 6.61 Å². The lowest BCUT2D eigenvalue weighted by Crippen LogP contribution is -2.37. The summed E-state index contributed by atoms with van der Waals surface area (Å²) in [5.74, 6) is -0.862. The van der Waals surface area contributed by atoms with Crippen LogP contribution in [-0.4, -0.2) is 44.5 Å². The Morgan fingerprint density at radius 2 is 2.12 bits per heavy atom. The van der Waals surface area contributed by atoms with Crippen LogP contribution < -0.4 is 0 Å². The highest BCUT2D eigenvalue weighted by Crippen LogP contribution is 2.17. The lowest BCUT2D eigenvalue weighted by Gasteiger charge is -2.21. The van der Waals surface area contributed by atoms with Gasteiger partial charge >= 0.3 is 19.1 Å². The smallest absolute Gasteiger partial charge is 0.457 e. The zero-order valence-corrected chi connectivity index (χ0v) is 10.3. The van der Waals surface area contributed by atoms with Crippen LogP contribution in [0.2, 0.25) is 6.32 Å². The maximum atomic E-state index is 10.9. The van der Waals surface area contributed by atoms with Gasteiger partial charge in [0.1, 0.15) is 12.7 Å². The van der Waals surface area contributed by atoms with Crippen molar-refractivity contribution in [3.63, 3.8) is 0 Å². The van der Waals surface area contributed by atoms with Gasteiger partial charge in [-0.05, 0) is 6.32 Å². The minimum absolute atomic E-state index is 0.0145. The zero-order chi connectivity index (χ0) is 12.8. The molecule has 1 heterocycles. The first-order valence-electron chi connectivity index (χ1n) is 5.60. The highest BCUT2D eigenvalue weighted by atomic mass is 16.7. The molecule has 0 saturated carbocycles. The van der Waals surface area contributed by atoms with E-state index in [1.54, 1.807) is 0 Å². The second-order valence-electron chi connectivity index (χ2n) is 3.80. The molecule has 17 heavy (non-hydrogen) atoms. The molecule has 0 unspecified atom stereocenters. The molecule has 2 atom stereocenters. The van der Waals surface area contributed by atoms with Gasteiger partial charge in [0.15, 0.2) is 6.10 Å². The molecule has 0 N–H and O–H groups in total. The fraction of sp³-hybridized carbons (Fsp3) is 0.800. The van der Waals surface area contributed by atoms with Crippen LogP contribution in [0.3, 0.4) is 0 Å². The first kappa shape index (κ1) is 14.0. The third kappa shape index (κ3) is 4.74. The zero-order valence-electron chi connectivity index (χ0n) is 10.3. The van der Waals surface area contributed by atoms with Gasteiger partial charge in [-0.1, -0.05) is 6.92 Å². The second-order valence-corrected chi connectivity index (χ2v) is 3.80. The highest BCUT2D eigenvalue weighted by Gasteiger charge is 2.36. The summed E-state index contributed by atoms with van der Waals surface area (Å²) in [5, 5.41) is 0. The van der Waals surface area contributed by atoms with Crippen LogP contribution in [-0.2, 0) is 28.4 Å². The Balaban J connectivity index is 2.50. The Kier molecular flexibility index (Phi) is 5.44. The van der Waals surface area contributed by atoms with Crippen LogP contribution in [0.15, 0.2) is 0 Å². The molecule has 0 spiro atoms. The quantitative estimate of drug-likeness (QED) is 0.515. The normalized spacial score (nSPS) is 21.1. The van der Waals surface area contributed by atoms with Crippen LogP contribution in [0, 0.1) is 0 Å². The van der Waals surface area contributed by atoms with E-state index in [0.717, 1.165) is 6.32 Å². The van der Waals surface area contributed by atoms with E-state index in [9.17, 15) is 9.59 Å². The number of esters is 2. The van der Waals surface area contributed by atoms with Crippen molar-refractivity contribution in [3.8, 4) is 0 Å². The molecular formula is C10H17BO6. The summed E-state index contributed by atoms with van der Waals surface area (Å²) in [6, 6.07) is 0. The molecule has 0 aromatic heterocycles. The number of hydrogen-bond donors (Lipinski definition) is 0. The molecule has 0 radical (unpaired) electrons. The van der Waals surface area contributed by atoms with Gasteiger partial charge in [0.25, 0.3) is 0 Å². The van der Waals surface area contributed by atoms with Crippen molar-refractivity contribution in [1.29, 1.82) is 0 Å². The maximum Gasteiger partial charge on any atom is 0.457 e. The SMILES string of the molecule is CCB1OC[C@H]([C@H](COC(C)=O)OC(C)=O)O1. The lowest BCUT2D eigenvalue weighted by atomic mass is 9.87. The number of hydrogen-bond acceptors (Lipinski definition) is 6. The van der Waals surface area contributed by atoms with Gasteiger partial charge < -0.3 is 18.8 Å². The average molecular weight is 244 g/mol. The van der Waals surface area contributed by atoms with Gasteiger partial charge in [0, 0.05) is 13.8 Å². The molecule has 0 bridgehead atoms. The topological polar surface area (TPSA) is 71.1 Å². The fourth-order valence-corrected chi connectivity index (χ4v) is 1.51. The van der Waals surface area contributed by atoms with Crippen LogP contribution in [0.5, 0.6) is 0 Å². The predicted octanol–water partition coefficient (Wildman–Crippen LogP) is 0.405. The second kappa shape index (κ2) is 6.61. The van der Waals surface area contributed by atoms with Gasteiger partial charge in [0.2, 0.25) is 0 Å². The van der Waals surface area contributed by atoms with E-state index in [1.807, 2.05) is 6.92 Å². The minimum atomic E-state index is -0.618. The summed E-state index contributed by atoms with van der Waals surface area (Å²) < 4.78 is 20.7. The molecule has 1 fully saturated rings. The Labute approximate surface area is 101 Å². The molecule has 7 heteroatoms. The van der Waals surface area contributed by atoms with Crippen molar-refractivity contribution in [1.82, 2.24) is 0 Å². The third-order valence-electron chi connectivity index (χ3n) is 2.29. The highest BCUT2D eigenvalue weighted by molar-refractivity contribution is 6.44. The summed E-state index contributed by atoms with van der Waals surface area (Å²) in [5.41, 5.74) is 0. The van der Waals surface area contributed by atoms with Crippen molar-refractivity contribution in [2.45, 2.75) is 39.3 Å². The predicted molar refractivity (Wildman–Crippen MR) is 59.2 cm³/mol. The van der Waals surface area contributed by atoms with Crippen molar-refractivity contribution in [3.05, 3.63) is 0 Å². The van der Waals surface area contributed by atoms with E-state index in [1.165, 1.54) is 13.8 Å². The molecule has 0 aromatic carbocycles. The van der Waals surface area contributed by atoms with Crippen molar-refractivity contribution in [2.24, 2.45) is 0 Å². The van der Waals surface area contributed by atoms with E-state index >= 15 is 0 Å². The summed E-state index contributed by atoms with van der Waals surface area (Å²) >= 11 is 0. The standard InChI is InChI=1S/C10H17BO6/c1-4-11-15-6-10(17-11)9(16-8(3)13)5-14-7(2)12/h9-10H,4-6H2,1-3H3/t9-,10+/m0/s1. The molecule has 96 valence electrons. The Bertz CT molecular complexity index is 282. The van der Waals surface area contributed by atoms with Crippen molar-refractivity contribution >= 4 is 19.1 Å². The molecule has 0 aliphatic carbocycles. The van der Waals surface area contributed by atoms with Gasteiger partial charge in [-0.2, -0.15) is 0 Å². The number of carbonyl (C=O) groups excluding carboxylic acids is 2. The van der Waals surface area contributed by atoms with Crippen LogP contribution in [0.25, 0.3) is 0 Å². The first-order valence-corrected chi connectivity index (χ1v) is 5.60. The fourth-order valence-electron chi connectivity index (χ4n) is 1.51. The molecule has 6 nitrogen and oxygen atoms in total. The van der Waals surface area contributed by atoms with E-state index in [0.29, 0.717) is 6.61 Å². The number of carbonyl (C=O) groups is 2. The van der Waals surface area contributed by atoms with E-state index in [-0.39, 0.29) is 19.8 Å². The van der Waals surface area contributed by atoms with Gasteiger partial charge in [-0.15, -0.1) is 0 Å². The molecule has 1 aliphatic heterocycles. The maximum absolute atomic E-state index is 10.9. The lowest BCUT2D eigenvalue weighted by molar-refractivity contribution is -0.161. The summed E-state index contributed by atoms with van der Waals surface area (Å²) in [4.78, 5) is 21.7. The summed E-state index contributed by atoms with van der Waals surface area (Å²) in [6.45, 7) is 4.84. The Morgan fingerprint density at radius 3 is 2.59 bits per heavy atom. The molecule has 0 amide bonds. The molecular weight excluding hydrogens is 227 g/mol. The van der Waals surface area contributed by atoms with E-state index < -0.39 is 18.0 Å². The Hall–Kier alpha value is -1.08. The first-order chi connectivity index (χ1) is 8.02. The Morgan fingerprint density at radius 1 is 1.41 bits per heavy atom. The van der Waals surface area contributed by atoms with Crippen LogP contribution in [0.4, 0.5) is 0 Å². The molecule has 0 aromatic rings. The number of ether oxygens (including phenoxy) is 2.